The first-order valence-electron chi connectivity index (χ1n) is 4.92. The lowest BCUT2D eigenvalue weighted by molar-refractivity contribution is 0.393. The molecule has 0 amide bonds. The van der Waals surface area contributed by atoms with E-state index < -0.39 is 0 Å². The summed E-state index contributed by atoms with van der Waals surface area (Å²) in [6.45, 7) is 3.68. The van der Waals surface area contributed by atoms with Crippen molar-refractivity contribution < 1.29 is 9.47 Å². The quantitative estimate of drug-likeness (QED) is 0.846. The Morgan fingerprint density at radius 1 is 1.38 bits per heavy atom. The number of nitrogens with two attached hydrogens (primary N) is 1. The van der Waals surface area contributed by atoms with E-state index >= 15 is 0 Å². The Hall–Kier alpha value is -1.00. The highest BCUT2D eigenvalue weighted by atomic mass is 79.9. The lowest BCUT2D eigenvalue weighted by atomic mass is 10.0. The Morgan fingerprint density at radius 3 is 2.50 bits per heavy atom. The van der Waals surface area contributed by atoms with Gasteiger partial charge >= 0.3 is 0 Å². The second-order valence-corrected chi connectivity index (χ2v) is 4.21. The van der Waals surface area contributed by atoms with Crippen LogP contribution in [0.2, 0.25) is 0 Å². The van der Waals surface area contributed by atoms with Crippen molar-refractivity contribution in [3.63, 3.8) is 0 Å². The van der Waals surface area contributed by atoms with Gasteiger partial charge in [0, 0.05) is 11.6 Å². The number of hydrogen-bond donors (Lipinski definition) is 1. The highest BCUT2D eigenvalue weighted by Gasteiger charge is 2.14. The zero-order valence-electron chi connectivity index (χ0n) is 9.50. The lowest BCUT2D eigenvalue weighted by Gasteiger charge is -2.16. The normalized spacial score (nSPS) is 12.0. The number of ether oxygens (including phenoxy) is 2. The van der Waals surface area contributed by atoms with Gasteiger partial charge in [-0.2, -0.15) is 0 Å². The topological polar surface area (TPSA) is 44.5 Å². The largest absolute Gasteiger partial charge is 0.496 e. The molecule has 3 nitrogen and oxygen atoms in total. The third-order valence-electron chi connectivity index (χ3n) is 2.32. The summed E-state index contributed by atoms with van der Waals surface area (Å²) in [5.74, 6) is 1.50. The van der Waals surface area contributed by atoms with E-state index in [4.69, 9.17) is 15.2 Å². The van der Waals surface area contributed by atoms with Crippen molar-refractivity contribution in [1.82, 2.24) is 0 Å². The van der Waals surface area contributed by atoms with Crippen molar-refractivity contribution in [2.45, 2.75) is 12.5 Å². The van der Waals surface area contributed by atoms with Crippen LogP contribution in [0.5, 0.6) is 11.5 Å². The average Bonchev–Trinajstić information content (AvgIpc) is 2.28. The van der Waals surface area contributed by atoms with Gasteiger partial charge in [-0.15, -0.1) is 6.58 Å². The SMILES string of the molecule is C=CC[C@H](N)c1cc(OC)c(Br)cc1OC. The molecule has 0 aliphatic heterocycles. The van der Waals surface area contributed by atoms with Crippen molar-refractivity contribution in [2.75, 3.05) is 14.2 Å². The van der Waals surface area contributed by atoms with E-state index in [-0.39, 0.29) is 6.04 Å². The molecule has 0 radical (unpaired) electrons. The maximum Gasteiger partial charge on any atom is 0.133 e. The summed E-state index contributed by atoms with van der Waals surface area (Å²) >= 11 is 3.40. The summed E-state index contributed by atoms with van der Waals surface area (Å²) in [5, 5.41) is 0. The predicted molar refractivity (Wildman–Crippen MR) is 69.0 cm³/mol. The number of benzene rings is 1. The van der Waals surface area contributed by atoms with Crippen molar-refractivity contribution in [2.24, 2.45) is 5.73 Å². The maximum atomic E-state index is 6.03. The Morgan fingerprint density at radius 2 is 2.00 bits per heavy atom. The van der Waals surface area contributed by atoms with Crippen molar-refractivity contribution >= 4 is 15.9 Å². The first kappa shape index (κ1) is 13.1. The fourth-order valence-electron chi connectivity index (χ4n) is 1.48. The van der Waals surface area contributed by atoms with E-state index in [1.54, 1.807) is 20.3 Å². The molecule has 88 valence electrons. The van der Waals surface area contributed by atoms with Gasteiger partial charge in [0.15, 0.2) is 0 Å². The molecule has 16 heavy (non-hydrogen) atoms. The summed E-state index contributed by atoms with van der Waals surface area (Å²) < 4.78 is 11.4. The monoisotopic (exact) mass is 285 g/mol. The van der Waals surface area contributed by atoms with E-state index in [1.165, 1.54) is 0 Å². The maximum absolute atomic E-state index is 6.03. The molecule has 0 spiro atoms. The minimum absolute atomic E-state index is 0.130. The fraction of sp³-hybridized carbons (Fsp3) is 0.333. The number of hydrogen-bond acceptors (Lipinski definition) is 3. The van der Waals surface area contributed by atoms with Crippen LogP contribution in [0.15, 0.2) is 29.3 Å². The molecule has 1 rings (SSSR count). The van der Waals surface area contributed by atoms with E-state index in [0.717, 1.165) is 21.5 Å². The van der Waals surface area contributed by atoms with Gasteiger partial charge in [-0.1, -0.05) is 6.08 Å². The van der Waals surface area contributed by atoms with Gasteiger partial charge in [-0.3, -0.25) is 0 Å². The van der Waals surface area contributed by atoms with Crippen LogP contribution in [0, 0.1) is 0 Å². The molecule has 0 heterocycles. The second kappa shape index (κ2) is 5.92. The predicted octanol–water partition coefficient (Wildman–Crippen LogP) is 3.04. The fourth-order valence-corrected chi connectivity index (χ4v) is 1.96. The van der Waals surface area contributed by atoms with Crippen LogP contribution < -0.4 is 15.2 Å². The molecule has 0 aliphatic carbocycles. The van der Waals surface area contributed by atoms with E-state index in [1.807, 2.05) is 12.1 Å². The standard InChI is InChI=1S/C12H16BrNO2/c1-4-5-10(14)8-6-12(16-3)9(13)7-11(8)15-2/h4,6-7,10H,1,5,14H2,2-3H3/t10-/m0/s1. The van der Waals surface area contributed by atoms with Crippen LogP contribution in [-0.2, 0) is 0 Å². The molecule has 0 saturated heterocycles. The van der Waals surface area contributed by atoms with E-state index in [2.05, 4.69) is 22.5 Å². The minimum atomic E-state index is -0.130. The van der Waals surface area contributed by atoms with Crippen LogP contribution in [0.3, 0.4) is 0 Å². The van der Waals surface area contributed by atoms with E-state index in [9.17, 15) is 0 Å². The summed E-state index contributed by atoms with van der Waals surface area (Å²) in [4.78, 5) is 0. The first-order valence-corrected chi connectivity index (χ1v) is 5.71. The molecule has 0 aliphatic rings. The van der Waals surface area contributed by atoms with Crippen molar-refractivity contribution in [1.29, 1.82) is 0 Å². The van der Waals surface area contributed by atoms with Crippen LogP contribution in [0.4, 0.5) is 0 Å². The van der Waals surface area contributed by atoms with Crippen LogP contribution in [-0.4, -0.2) is 14.2 Å². The molecule has 0 aromatic heterocycles. The molecule has 1 aromatic rings. The molecule has 1 aromatic carbocycles. The zero-order chi connectivity index (χ0) is 12.1. The average molecular weight is 286 g/mol. The Bertz CT molecular complexity index is 380. The molecule has 2 N–H and O–H groups in total. The summed E-state index contributed by atoms with van der Waals surface area (Å²) in [6, 6.07) is 3.61. The smallest absolute Gasteiger partial charge is 0.133 e. The lowest BCUT2D eigenvalue weighted by Crippen LogP contribution is -2.11. The molecule has 0 unspecified atom stereocenters. The number of methoxy groups -OCH3 is 2. The minimum Gasteiger partial charge on any atom is -0.496 e. The third-order valence-corrected chi connectivity index (χ3v) is 2.94. The number of halogens is 1. The highest BCUT2D eigenvalue weighted by Crippen LogP contribution is 2.35. The molecule has 0 bridgehead atoms. The van der Waals surface area contributed by atoms with Crippen LogP contribution >= 0.6 is 15.9 Å². The molecular weight excluding hydrogens is 270 g/mol. The van der Waals surface area contributed by atoms with Crippen LogP contribution in [0.1, 0.15) is 18.0 Å². The second-order valence-electron chi connectivity index (χ2n) is 3.36. The highest BCUT2D eigenvalue weighted by molar-refractivity contribution is 9.10. The molecular formula is C12H16BrNO2. The molecule has 0 saturated carbocycles. The van der Waals surface area contributed by atoms with Gasteiger partial charge in [0.2, 0.25) is 0 Å². The summed E-state index contributed by atoms with van der Waals surface area (Å²) in [7, 11) is 3.24. The van der Waals surface area contributed by atoms with Gasteiger partial charge in [0.05, 0.1) is 18.7 Å². The Kier molecular flexibility index (Phi) is 4.83. The van der Waals surface area contributed by atoms with Crippen molar-refractivity contribution in [3.05, 3.63) is 34.8 Å². The van der Waals surface area contributed by atoms with Gasteiger partial charge in [0.25, 0.3) is 0 Å². The van der Waals surface area contributed by atoms with E-state index in [0.29, 0.717) is 6.42 Å². The Labute approximate surface area is 104 Å². The third kappa shape index (κ3) is 2.77. The summed E-state index contributed by atoms with van der Waals surface area (Å²) in [6.07, 6.45) is 2.49. The van der Waals surface area contributed by atoms with Crippen LogP contribution in [0.25, 0.3) is 0 Å². The van der Waals surface area contributed by atoms with Crippen molar-refractivity contribution in [3.8, 4) is 11.5 Å². The molecule has 1 atom stereocenters. The van der Waals surface area contributed by atoms with Gasteiger partial charge in [0.1, 0.15) is 11.5 Å². The first-order chi connectivity index (χ1) is 7.63. The van der Waals surface area contributed by atoms with Gasteiger partial charge in [-0.25, -0.2) is 0 Å². The Balaban J connectivity index is 3.18. The molecule has 4 heteroatoms. The van der Waals surface area contributed by atoms with Gasteiger partial charge < -0.3 is 15.2 Å². The molecule has 0 fully saturated rings. The number of rotatable bonds is 5. The summed E-state index contributed by atoms with van der Waals surface area (Å²) in [5.41, 5.74) is 6.95. The van der Waals surface area contributed by atoms with Gasteiger partial charge in [-0.05, 0) is 34.5 Å². The zero-order valence-corrected chi connectivity index (χ0v) is 11.1.